The van der Waals surface area contributed by atoms with E-state index in [1.54, 1.807) is 4.90 Å². The molecule has 1 amide bonds. The lowest BCUT2D eigenvalue weighted by atomic mass is 10.2. The zero-order valence-corrected chi connectivity index (χ0v) is 8.01. The Morgan fingerprint density at radius 1 is 1.67 bits per heavy atom. The SMILES string of the molecule is NC(=O)C1COCCN1c1n[nH]c(N)n1. The highest BCUT2D eigenvalue weighted by atomic mass is 16.5. The minimum atomic E-state index is -0.533. The molecule has 82 valence electrons. The molecule has 2 rings (SSSR count). The van der Waals surface area contributed by atoms with E-state index in [-0.39, 0.29) is 12.6 Å². The summed E-state index contributed by atoms with van der Waals surface area (Å²) in [4.78, 5) is 16.8. The van der Waals surface area contributed by atoms with Crippen LogP contribution in [0.2, 0.25) is 0 Å². The smallest absolute Gasteiger partial charge is 0.247 e. The number of primary amides is 1. The number of nitrogens with one attached hydrogen (secondary N) is 1. The molecule has 1 unspecified atom stereocenters. The molecular formula is C7H12N6O2. The quantitative estimate of drug-likeness (QED) is 0.525. The van der Waals surface area contributed by atoms with Crippen LogP contribution in [0, 0.1) is 0 Å². The van der Waals surface area contributed by atoms with Crippen LogP contribution in [0.4, 0.5) is 11.9 Å². The predicted molar refractivity (Wildman–Crippen MR) is 51.9 cm³/mol. The van der Waals surface area contributed by atoms with Gasteiger partial charge in [-0.1, -0.05) is 0 Å². The zero-order chi connectivity index (χ0) is 10.8. The maximum absolute atomic E-state index is 11.1. The van der Waals surface area contributed by atoms with Crippen molar-refractivity contribution in [3.8, 4) is 0 Å². The van der Waals surface area contributed by atoms with Gasteiger partial charge in [0.1, 0.15) is 6.04 Å². The highest BCUT2D eigenvalue weighted by Crippen LogP contribution is 2.15. The fraction of sp³-hybridized carbons (Fsp3) is 0.571. The second-order valence-electron chi connectivity index (χ2n) is 3.21. The molecule has 1 aromatic rings. The summed E-state index contributed by atoms with van der Waals surface area (Å²) in [5.41, 5.74) is 10.6. The van der Waals surface area contributed by atoms with Crippen molar-refractivity contribution in [2.24, 2.45) is 5.73 Å². The molecule has 8 heteroatoms. The Bertz CT molecular complexity index is 364. The molecule has 1 aliphatic heterocycles. The molecule has 0 spiro atoms. The number of nitrogens with two attached hydrogens (primary N) is 2. The van der Waals surface area contributed by atoms with Crippen LogP contribution in [0.15, 0.2) is 0 Å². The molecule has 0 radical (unpaired) electrons. The summed E-state index contributed by atoms with van der Waals surface area (Å²) in [5, 5.41) is 6.38. The lowest BCUT2D eigenvalue weighted by Gasteiger charge is -2.32. The number of carbonyl (C=O) groups excluding carboxylic acids is 1. The number of morpholine rings is 1. The Morgan fingerprint density at radius 2 is 2.47 bits per heavy atom. The Balaban J connectivity index is 2.21. The summed E-state index contributed by atoms with van der Waals surface area (Å²) in [6.07, 6.45) is 0. The fourth-order valence-corrected chi connectivity index (χ4v) is 1.47. The van der Waals surface area contributed by atoms with Crippen LogP contribution in [0.5, 0.6) is 0 Å². The third-order valence-electron chi connectivity index (χ3n) is 2.20. The van der Waals surface area contributed by atoms with Gasteiger partial charge >= 0.3 is 0 Å². The first-order chi connectivity index (χ1) is 7.18. The van der Waals surface area contributed by atoms with Crippen molar-refractivity contribution in [3.05, 3.63) is 0 Å². The standard InChI is InChI=1S/C7H12N6O2/c8-5(14)4-3-15-2-1-13(4)7-10-6(9)11-12-7/h4H,1-3H2,(H2,8,14)(H3,9,10,11,12). The third kappa shape index (κ3) is 1.84. The van der Waals surface area contributed by atoms with Gasteiger partial charge < -0.3 is 21.1 Å². The molecule has 0 aromatic carbocycles. The first-order valence-electron chi connectivity index (χ1n) is 4.50. The second-order valence-corrected chi connectivity index (χ2v) is 3.21. The van der Waals surface area contributed by atoms with Crippen molar-refractivity contribution >= 4 is 17.8 Å². The zero-order valence-electron chi connectivity index (χ0n) is 8.01. The van der Waals surface area contributed by atoms with Crippen molar-refractivity contribution in [1.29, 1.82) is 0 Å². The van der Waals surface area contributed by atoms with Gasteiger partial charge in [0.25, 0.3) is 0 Å². The summed E-state index contributed by atoms with van der Waals surface area (Å²) in [6.45, 7) is 1.28. The van der Waals surface area contributed by atoms with E-state index in [2.05, 4.69) is 15.2 Å². The van der Waals surface area contributed by atoms with Gasteiger partial charge in [-0.2, -0.15) is 4.98 Å². The lowest BCUT2D eigenvalue weighted by molar-refractivity contribution is -0.121. The van der Waals surface area contributed by atoms with Gasteiger partial charge in [0.05, 0.1) is 13.2 Å². The first-order valence-corrected chi connectivity index (χ1v) is 4.50. The van der Waals surface area contributed by atoms with E-state index in [9.17, 15) is 4.79 Å². The molecule has 1 saturated heterocycles. The van der Waals surface area contributed by atoms with Crippen molar-refractivity contribution in [2.75, 3.05) is 30.4 Å². The lowest BCUT2D eigenvalue weighted by Crippen LogP contribution is -2.53. The van der Waals surface area contributed by atoms with E-state index in [0.717, 1.165) is 0 Å². The van der Waals surface area contributed by atoms with Crippen LogP contribution in [-0.4, -0.2) is 46.9 Å². The van der Waals surface area contributed by atoms with Crippen molar-refractivity contribution < 1.29 is 9.53 Å². The van der Waals surface area contributed by atoms with Gasteiger partial charge in [-0.05, 0) is 0 Å². The molecule has 1 aliphatic rings. The number of aromatic amines is 1. The second kappa shape index (κ2) is 3.73. The summed E-state index contributed by atoms with van der Waals surface area (Å²) in [6, 6.07) is -0.533. The van der Waals surface area contributed by atoms with Crippen LogP contribution in [0.25, 0.3) is 0 Å². The number of nitrogen functional groups attached to an aromatic ring is 1. The summed E-state index contributed by atoms with van der Waals surface area (Å²) < 4.78 is 5.16. The number of H-pyrrole nitrogens is 1. The molecule has 1 aromatic heterocycles. The first kappa shape index (κ1) is 9.71. The molecule has 8 nitrogen and oxygen atoms in total. The summed E-state index contributed by atoms with van der Waals surface area (Å²) in [7, 11) is 0. The minimum Gasteiger partial charge on any atom is -0.377 e. The van der Waals surface area contributed by atoms with Gasteiger partial charge in [0.2, 0.25) is 17.8 Å². The van der Waals surface area contributed by atoms with E-state index >= 15 is 0 Å². The van der Waals surface area contributed by atoms with Gasteiger partial charge in [0.15, 0.2) is 0 Å². The van der Waals surface area contributed by atoms with E-state index in [4.69, 9.17) is 16.2 Å². The van der Waals surface area contributed by atoms with E-state index in [1.165, 1.54) is 0 Å². The van der Waals surface area contributed by atoms with Crippen LogP contribution in [-0.2, 0) is 9.53 Å². The Kier molecular flexibility index (Phi) is 2.42. The number of hydrogen-bond donors (Lipinski definition) is 3. The third-order valence-corrected chi connectivity index (χ3v) is 2.20. The Labute approximate surface area is 85.6 Å². The van der Waals surface area contributed by atoms with Crippen LogP contribution >= 0.6 is 0 Å². The van der Waals surface area contributed by atoms with Gasteiger partial charge in [-0.15, -0.1) is 5.10 Å². The molecule has 0 saturated carbocycles. The minimum absolute atomic E-state index is 0.208. The summed E-state index contributed by atoms with van der Waals surface area (Å²) in [5.74, 6) is 0.123. The van der Waals surface area contributed by atoms with Crippen LogP contribution in [0.1, 0.15) is 0 Å². The van der Waals surface area contributed by atoms with E-state index in [1.807, 2.05) is 0 Å². The maximum atomic E-state index is 11.1. The van der Waals surface area contributed by atoms with Gasteiger partial charge in [-0.3, -0.25) is 4.79 Å². The molecule has 2 heterocycles. The van der Waals surface area contributed by atoms with Gasteiger partial charge in [0, 0.05) is 6.54 Å². The highest BCUT2D eigenvalue weighted by Gasteiger charge is 2.30. The molecule has 0 bridgehead atoms. The van der Waals surface area contributed by atoms with Crippen LogP contribution in [0.3, 0.4) is 0 Å². The molecule has 1 fully saturated rings. The number of anilines is 2. The van der Waals surface area contributed by atoms with Crippen molar-refractivity contribution in [3.63, 3.8) is 0 Å². The largest absolute Gasteiger partial charge is 0.377 e. The Morgan fingerprint density at radius 3 is 3.07 bits per heavy atom. The molecule has 0 aliphatic carbocycles. The molecule has 15 heavy (non-hydrogen) atoms. The Hall–Kier alpha value is -1.83. The van der Waals surface area contributed by atoms with Gasteiger partial charge in [-0.25, -0.2) is 5.10 Å². The fourth-order valence-electron chi connectivity index (χ4n) is 1.47. The van der Waals surface area contributed by atoms with Crippen LogP contribution < -0.4 is 16.4 Å². The molecular weight excluding hydrogens is 200 g/mol. The monoisotopic (exact) mass is 212 g/mol. The average Bonchev–Trinajstić information content (AvgIpc) is 2.65. The number of amides is 1. The highest BCUT2D eigenvalue weighted by molar-refractivity contribution is 5.83. The normalized spacial score (nSPS) is 21.6. The van der Waals surface area contributed by atoms with E-state index in [0.29, 0.717) is 19.1 Å². The number of nitrogens with zero attached hydrogens (tertiary/aromatic N) is 3. The average molecular weight is 212 g/mol. The number of rotatable bonds is 2. The number of carbonyl (C=O) groups is 1. The van der Waals surface area contributed by atoms with E-state index < -0.39 is 11.9 Å². The number of aromatic nitrogens is 3. The molecule has 1 atom stereocenters. The predicted octanol–water partition coefficient (Wildman–Crippen LogP) is -1.92. The van der Waals surface area contributed by atoms with Crippen molar-refractivity contribution in [1.82, 2.24) is 15.2 Å². The van der Waals surface area contributed by atoms with Crippen molar-refractivity contribution in [2.45, 2.75) is 6.04 Å². The number of ether oxygens (including phenoxy) is 1. The topological polar surface area (TPSA) is 123 Å². The molecule has 5 N–H and O–H groups in total. The summed E-state index contributed by atoms with van der Waals surface area (Å²) >= 11 is 0. The number of hydrogen-bond acceptors (Lipinski definition) is 6. The maximum Gasteiger partial charge on any atom is 0.247 e.